The van der Waals surface area contributed by atoms with Gasteiger partial charge in [0.1, 0.15) is 0 Å². The summed E-state index contributed by atoms with van der Waals surface area (Å²) in [5, 5.41) is 0. The highest BCUT2D eigenvalue weighted by atomic mass is 19.3. The molecule has 190 valence electrons. The Morgan fingerprint density at radius 1 is 0.778 bits per heavy atom. The Morgan fingerprint density at radius 3 is 1.94 bits per heavy atom. The van der Waals surface area contributed by atoms with Crippen LogP contribution in [0.2, 0.25) is 0 Å². The minimum absolute atomic E-state index is 0.0665. The topological polar surface area (TPSA) is 9.23 Å². The van der Waals surface area contributed by atoms with Gasteiger partial charge in [0.2, 0.25) is 0 Å². The van der Waals surface area contributed by atoms with Crippen molar-refractivity contribution < 1.29 is 22.3 Å². The fraction of sp³-hybridized carbons (Fsp3) is 0.355. The van der Waals surface area contributed by atoms with Crippen LogP contribution >= 0.6 is 0 Å². The fourth-order valence-corrected chi connectivity index (χ4v) is 4.77. The number of hydrogen-bond donors (Lipinski definition) is 0. The molecule has 4 rings (SSSR count). The Hall–Kier alpha value is -2.92. The second-order valence-electron chi connectivity index (χ2n) is 9.42. The molecule has 36 heavy (non-hydrogen) atoms. The average Bonchev–Trinajstić information content (AvgIpc) is 2.89. The summed E-state index contributed by atoms with van der Waals surface area (Å²) in [5.74, 6) is -2.52. The minimum Gasteiger partial charge on any atom is -0.313 e. The summed E-state index contributed by atoms with van der Waals surface area (Å²) in [6.07, 6.45) is 3.90. The van der Waals surface area contributed by atoms with Crippen molar-refractivity contribution in [2.24, 2.45) is 5.92 Å². The van der Waals surface area contributed by atoms with E-state index in [1.165, 1.54) is 11.6 Å². The highest BCUT2D eigenvalue weighted by Gasteiger charge is 2.41. The van der Waals surface area contributed by atoms with E-state index in [-0.39, 0.29) is 5.56 Å². The van der Waals surface area contributed by atoms with Crippen LogP contribution in [0.5, 0.6) is 0 Å². The lowest BCUT2D eigenvalue weighted by Crippen LogP contribution is -2.30. The first kappa shape index (κ1) is 26.2. The minimum atomic E-state index is -3.91. The van der Waals surface area contributed by atoms with E-state index in [4.69, 9.17) is 4.74 Å². The van der Waals surface area contributed by atoms with Crippen molar-refractivity contribution in [3.05, 3.63) is 95.6 Å². The average molecular weight is 497 g/mol. The van der Waals surface area contributed by atoms with Gasteiger partial charge in [0.25, 0.3) is 0 Å². The second kappa shape index (κ2) is 11.4. The fourth-order valence-electron chi connectivity index (χ4n) is 4.77. The van der Waals surface area contributed by atoms with E-state index in [2.05, 4.69) is 31.2 Å². The van der Waals surface area contributed by atoms with Crippen molar-refractivity contribution in [1.29, 1.82) is 0 Å². The molecule has 1 nitrogen and oxygen atoms in total. The molecule has 0 aromatic heterocycles. The van der Waals surface area contributed by atoms with E-state index < -0.39 is 29.4 Å². The van der Waals surface area contributed by atoms with Gasteiger partial charge in [0.15, 0.2) is 11.6 Å². The van der Waals surface area contributed by atoms with Gasteiger partial charge in [-0.2, -0.15) is 8.78 Å². The van der Waals surface area contributed by atoms with Crippen LogP contribution in [0.3, 0.4) is 0 Å². The maximum absolute atomic E-state index is 15.0. The Morgan fingerprint density at radius 2 is 1.36 bits per heavy atom. The number of aryl methyl sites for hydroxylation is 1. The molecule has 0 radical (unpaired) electrons. The van der Waals surface area contributed by atoms with Gasteiger partial charge in [-0.1, -0.05) is 80.6 Å². The van der Waals surface area contributed by atoms with Crippen LogP contribution in [-0.2, 0) is 17.3 Å². The van der Waals surface area contributed by atoms with Gasteiger partial charge in [-0.25, -0.2) is 8.78 Å². The number of alkyl halides is 2. The molecule has 3 aromatic rings. The Bertz CT molecular complexity index is 1170. The van der Waals surface area contributed by atoms with Crippen molar-refractivity contribution in [2.75, 3.05) is 0 Å². The summed E-state index contributed by atoms with van der Waals surface area (Å²) in [6, 6.07) is 17.2. The van der Waals surface area contributed by atoms with Crippen LogP contribution in [0.4, 0.5) is 17.6 Å². The number of allylic oxidation sites excluding steroid dienone is 2. The van der Waals surface area contributed by atoms with Gasteiger partial charge < -0.3 is 4.74 Å². The molecular weight excluding hydrogens is 464 g/mol. The molecule has 1 saturated carbocycles. The van der Waals surface area contributed by atoms with Gasteiger partial charge in [0.05, 0.1) is 11.7 Å². The zero-order chi connectivity index (χ0) is 25.7. The van der Waals surface area contributed by atoms with Crippen LogP contribution in [0.25, 0.3) is 22.3 Å². The SMILES string of the molecule is CC/C=C/C1CCC(OC(F)(F)c2ccc(-c3ccc(-c4ccc(CC)cc4)cc3)c(F)c2F)CC1. The molecule has 1 aliphatic rings. The summed E-state index contributed by atoms with van der Waals surface area (Å²) in [5.41, 5.74) is 2.44. The van der Waals surface area contributed by atoms with Gasteiger partial charge >= 0.3 is 6.11 Å². The maximum Gasteiger partial charge on any atom is 0.386 e. The maximum atomic E-state index is 15.0. The van der Waals surface area contributed by atoms with Gasteiger partial charge in [0, 0.05) is 5.56 Å². The summed E-state index contributed by atoms with van der Waals surface area (Å²) in [7, 11) is 0. The first-order chi connectivity index (χ1) is 17.3. The summed E-state index contributed by atoms with van der Waals surface area (Å²) < 4.78 is 64.6. The first-order valence-corrected chi connectivity index (χ1v) is 12.7. The third-order valence-electron chi connectivity index (χ3n) is 6.96. The predicted molar refractivity (Wildman–Crippen MR) is 137 cm³/mol. The lowest BCUT2D eigenvalue weighted by Gasteiger charge is -2.30. The van der Waals surface area contributed by atoms with Crippen LogP contribution in [0.15, 0.2) is 72.8 Å². The lowest BCUT2D eigenvalue weighted by molar-refractivity contribution is -0.279. The highest BCUT2D eigenvalue weighted by molar-refractivity contribution is 5.71. The molecule has 0 heterocycles. The largest absolute Gasteiger partial charge is 0.386 e. The summed E-state index contributed by atoms with van der Waals surface area (Å²) in [4.78, 5) is 0. The van der Waals surface area contributed by atoms with Crippen LogP contribution < -0.4 is 0 Å². The van der Waals surface area contributed by atoms with Gasteiger partial charge in [-0.15, -0.1) is 0 Å². The van der Waals surface area contributed by atoms with Crippen LogP contribution in [-0.4, -0.2) is 6.10 Å². The Kier molecular flexibility index (Phi) is 8.30. The van der Waals surface area contributed by atoms with E-state index in [1.54, 1.807) is 12.1 Å². The van der Waals surface area contributed by atoms with Crippen molar-refractivity contribution in [2.45, 2.75) is 64.6 Å². The van der Waals surface area contributed by atoms with Gasteiger partial charge in [-0.05, 0) is 72.8 Å². The smallest absolute Gasteiger partial charge is 0.313 e. The van der Waals surface area contributed by atoms with Crippen molar-refractivity contribution in [3.8, 4) is 22.3 Å². The van der Waals surface area contributed by atoms with Gasteiger partial charge in [-0.3, -0.25) is 0 Å². The molecule has 0 aliphatic heterocycles. The van der Waals surface area contributed by atoms with E-state index >= 15 is 0 Å². The number of halogens is 4. The normalized spacial score (nSPS) is 18.6. The molecule has 0 atom stereocenters. The van der Waals surface area contributed by atoms with E-state index in [1.807, 2.05) is 31.2 Å². The third-order valence-corrected chi connectivity index (χ3v) is 6.96. The van der Waals surface area contributed by atoms with E-state index in [0.717, 1.165) is 42.9 Å². The predicted octanol–water partition coefficient (Wildman–Crippen LogP) is 9.45. The quantitative estimate of drug-likeness (QED) is 0.223. The lowest BCUT2D eigenvalue weighted by atomic mass is 9.87. The molecule has 0 N–H and O–H groups in total. The zero-order valence-electron chi connectivity index (χ0n) is 20.7. The van der Waals surface area contributed by atoms with E-state index in [9.17, 15) is 17.6 Å². The molecule has 0 saturated heterocycles. The molecular formula is C31H32F4O. The van der Waals surface area contributed by atoms with Crippen molar-refractivity contribution in [3.63, 3.8) is 0 Å². The zero-order valence-corrected chi connectivity index (χ0v) is 20.7. The number of ether oxygens (including phenoxy) is 1. The van der Waals surface area contributed by atoms with Crippen LogP contribution in [0, 0.1) is 17.6 Å². The Labute approximate surface area is 210 Å². The molecule has 0 amide bonds. The number of hydrogen-bond acceptors (Lipinski definition) is 1. The molecule has 0 bridgehead atoms. The molecule has 0 unspecified atom stereocenters. The monoisotopic (exact) mass is 496 g/mol. The number of rotatable bonds is 8. The Balaban J connectivity index is 1.48. The number of benzene rings is 3. The molecule has 3 aromatic carbocycles. The van der Waals surface area contributed by atoms with Crippen molar-refractivity contribution in [1.82, 2.24) is 0 Å². The molecule has 1 fully saturated rings. The highest BCUT2D eigenvalue weighted by Crippen LogP contribution is 2.39. The molecule has 1 aliphatic carbocycles. The summed E-state index contributed by atoms with van der Waals surface area (Å²) >= 11 is 0. The summed E-state index contributed by atoms with van der Waals surface area (Å²) in [6.45, 7) is 4.13. The van der Waals surface area contributed by atoms with Crippen LogP contribution in [0.1, 0.15) is 57.1 Å². The molecule has 0 spiro atoms. The van der Waals surface area contributed by atoms with Crippen molar-refractivity contribution >= 4 is 0 Å². The molecule has 5 heteroatoms. The standard InChI is InChI=1S/C31H32F4O/c1-3-5-6-22-9-17-26(18-10-22)36-31(34,35)28-20-19-27(29(32)30(28)33)25-15-13-24(14-16-25)23-11-7-21(4-2)8-12-23/h5-8,11-16,19-20,22,26H,3-4,9-10,17-18H2,1-2H3/b6-5+. The second-order valence-corrected chi connectivity index (χ2v) is 9.42. The third kappa shape index (κ3) is 5.89. The first-order valence-electron chi connectivity index (χ1n) is 12.7. The van der Waals surface area contributed by atoms with E-state index in [0.29, 0.717) is 24.3 Å².